The normalized spacial score (nSPS) is 15.3. The minimum absolute atomic E-state index is 0.0235. The third-order valence-corrected chi connectivity index (χ3v) is 5.39. The van der Waals surface area contributed by atoms with Crippen LogP contribution < -0.4 is 15.8 Å². The van der Waals surface area contributed by atoms with Crippen molar-refractivity contribution in [3.8, 4) is 0 Å². The molecule has 10 nitrogen and oxygen atoms in total. The molecule has 2 aromatic heterocycles. The number of aromatic amines is 1. The van der Waals surface area contributed by atoms with Crippen molar-refractivity contribution in [1.29, 1.82) is 0 Å². The van der Waals surface area contributed by atoms with E-state index >= 15 is 0 Å². The highest BCUT2D eigenvalue weighted by Crippen LogP contribution is 2.31. The number of H-pyrrole nitrogens is 1. The standard InChI is InChI=1S/C20H24ClF3N6O4/c21-13-1-2-16(25-9-13)29-4-6-30(7-5-29)17(32)3-8-34-12-14(11-31)27-15-10-26-28-19(33)18(15)20(22,23)24/h1-2,9-10,14,31H,3-8,11-12H2,(H2,27,28,33). The van der Waals surface area contributed by atoms with Crippen molar-refractivity contribution in [3.05, 3.63) is 45.5 Å². The number of ether oxygens (including phenoxy) is 1. The van der Waals surface area contributed by atoms with Gasteiger partial charge in [-0.1, -0.05) is 11.6 Å². The predicted octanol–water partition coefficient (Wildman–Crippen LogP) is 1.37. The zero-order valence-corrected chi connectivity index (χ0v) is 18.8. The fourth-order valence-electron chi connectivity index (χ4n) is 3.43. The first-order valence-electron chi connectivity index (χ1n) is 10.4. The summed E-state index contributed by atoms with van der Waals surface area (Å²) in [5.41, 5.74) is -3.40. The van der Waals surface area contributed by atoms with Gasteiger partial charge in [0.2, 0.25) is 5.91 Å². The average molecular weight is 505 g/mol. The maximum atomic E-state index is 13.1. The molecule has 0 radical (unpaired) electrons. The van der Waals surface area contributed by atoms with Gasteiger partial charge < -0.3 is 25.0 Å². The van der Waals surface area contributed by atoms with E-state index in [0.29, 0.717) is 31.2 Å². The van der Waals surface area contributed by atoms with Gasteiger partial charge in [0.15, 0.2) is 0 Å². The number of halogens is 4. The number of aliphatic hydroxyl groups is 1. The quantitative estimate of drug-likeness (QED) is 0.437. The number of nitrogens with zero attached hydrogens (tertiary/aromatic N) is 4. The molecule has 1 fully saturated rings. The number of anilines is 2. The number of carbonyl (C=O) groups is 1. The summed E-state index contributed by atoms with van der Waals surface area (Å²) in [6, 6.07) is 2.64. The van der Waals surface area contributed by atoms with Gasteiger partial charge in [-0.15, -0.1) is 0 Å². The van der Waals surface area contributed by atoms with E-state index in [1.807, 2.05) is 11.0 Å². The Bertz CT molecular complexity index is 1010. The van der Waals surface area contributed by atoms with Gasteiger partial charge in [0.25, 0.3) is 5.56 Å². The molecule has 14 heteroatoms. The topological polar surface area (TPSA) is 124 Å². The van der Waals surface area contributed by atoms with Gasteiger partial charge >= 0.3 is 6.18 Å². The molecule has 0 aliphatic carbocycles. The van der Waals surface area contributed by atoms with Gasteiger partial charge in [-0.2, -0.15) is 18.3 Å². The first-order chi connectivity index (χ1) is 16.2. The fourth-order valence-corrected chi connectivity index (χ4v) is 3.54. The molecule has 0 bridgehead atoms. The molecule has 1 saturated heterocycles. The Morgan fingerprint density at radius 1 is 1.26 bits per heavy atom. The minimum atomic E-state index is -4.90. The summed E-state index contributed by atoms with van der Waals surface area (Å²) >= 11 is 5.85. The lowest BCUT2D eigenvalue weighted by molar-refractivity contribution is -0.138. The predicted molar refractivity (Wildman–Crippen MR) is 118 cm³/mol. The van der Waals surface area contributed by atoms with Gasteiger partial charge in [-0.25, -0.2) is 10.1 Å². The number of nitrogens with one attached hydrogen (secondary N) is 2. The highest BCUT2D eigenvalue weighted by Gasteiger charge is 2.37. The fraction of sp³-hybridized carbons (Fsp3) is 0.500. The molecule has 0 aromatic carbocycles. The summed E-state index contributed by atoms with van der Waals surface area (Å²) in [6.07, 6.45) is -2.44. The summed E-state index contributed by atoms with van der Waals surface area (Å²) in [7, 11) is 0. The number of aromatic nitrogens is 3. The molecular formula is C20H24ClF3N6O4. The van der Waals surface area contributed by atoms with Crippen LogP contribution in [0, 0.1) is 0 Å². The third kappa shape index (κ3) is 6.81. The first-order valence-corrected chi connectivity index (χ1v) is 10.8. The second-order valence-electron chi connectivity index (χ2n) is 7.54. The molecule has 3 heterocycles. The molecule has 3 rings (SSSR count). The van der Waals surface area contributed by atoms with Crippen molar-refractivity contribution in [2.45, 2.75) is 18.6 Å². The lowest BCUT2D eigenvalue weighted by Gasteiger charge is -2.35. The summed E-state index contributed by atoms with van der Waals surface area (Å²) in [6.45, 7) is 1.55. The second-order valence-corrected chi connectivity index (χ2v) is 7.97. The Kier molecular flexibility index (Phi) is 8.69. The van der Waals surface area contributed by atoms with Crippen molar-refractivity contribution < 1.29 is 27.8 Å². The number of alkyl halides is 3. The van der Waals surface area contributed by atoms with E-state index in [-0.39, 0.29) is 25.5 Å². The molecule has 0 spiro atoms. The van der Waals surface area contributed by atoms with E-state index in [2.05, 4.69) is 15.4 Å². The number of aliphatic hydroxyl groups excluding tert-OH is 1. The van der Waals surface area contributed by atoms with Crippen LogP contribution >= 0.6 is 11.6 Å². The van der Waals surface area contributed by atoms with Crippen LogP contribution in [-0.2, 0) is 15.7 Å². The summed E-state index contributed by atoms with van der Waals surface area (Å²) in [4.78, 5) is 32.0. The number of piperazine rings is 1. The van der Waals surface area contributed by atoms with Crippen LogP contribution in [-0.4, -0.2) is 83.1 Å². The summed E-state index contributed by atoms with van der Waals surface area (Å²) in [5.74, 6) is 0.669. The van der Waals surface area contributed by atoms with E-state index in [4.69, 9.17) is 16.3 Å². The Balaban J connectivity index is 1.42. The van der Waals surface area contributed by atoms with Crippen molar-refractivity contribution in [1.82, 2.24) is 20.1 Å². The number of hydrogen-bond acceptors (Lipinski definition) is 8. The highest BCUT2D eigenvalue weighted by molar-refractivity contribution is 6.30. The maximum Gasteiger partial charge on any atom is 0.423 e. The second kappa shape index (κ2) is 11.5. The molecule has 1 aliphatic rings. The average Bonchev–Trinajstić information content (AvgIpc) is 2.80. The van der Waals surface area contributed by atoms with Crippen LogP contribution in [0.1, 0.15) is 12.0 Å². The van der Waals surface area contributed by atoms with E-state index in [1.54, 1.807) is 22.3 Å². The van der Waals surface area contributed by atoms with Crippen molar-refractivity contribution in [2.75, 3.05) is 56.2 Å². The number of carbonyl (C=O) groups excluding carboxylic acids is 1. The molecule has 1 amide bonds. The van der Waals surface area contributed by atoms with Crippen LogP contribution in [0.15, 0.2) is 29.3 Å². The molecule has 1 unspecified atom stereocenters. The Morgan fingerprint density at radius 3 is 2.62 bits per heavy atom. The zero-order valence-electron chi connectivity index (χ0n) is 18.0. The van der Waals surface area contributed by atoms with Crippen molar-refractivity contribution in [3.63, 3.8) is 0 Å². The van der Waals surface area contributed by atoms with Crippen LogP contribution in [0.3, 0.4) is 0 Å². The number of hydrogen-bond donors (Lipinski definition) is 3. The van der Waals surface area contributed by atoms with E-state index in [1.165, 1.54) is 0 Å². The minimum Gasteiger partial charge on any atom is -0.394 e. The van der Waals surface area contributed by atoms with E-state index < -0.39 is 35.6 Å². The number of amides is 1. The summed E-state index contributed by atoms with van der Waals surface area (Å²) in [5, 5.41) is 17.5. The molecule has 1 aliphatic heterocycles. The first kappa shape index (κ1) is 25.7. The van der Waals surface area contributed by atoms with Crippen LogP contribution in [0.4, 0.5) is 24.7 Å². The molecule has 34 heavy (non-hydrogen) atoms. The van der Waals surface area contributed by atoms with Gasteiger partial charge in [0.05, 0.1) is 49.2 Å². The Hall–Kier alpha value is -2.90. The maximum absolute atomic E-state index is 13.1. The third-order valence-electron chi connectivity index (χ3n) is 5.17. The zero-order chi connectivity index (χ0) is 24.7. The number of rotatable bonds is 9. The van der Waals surface area contributed by atoms with Crippen LogP contribution in [0.5, 0.6) is 0 Å². The number of pyridine rings is 1. The molecule has 0 saturated carbocycles. The molecule has 2 aromatic rings. The van der Waals surface area contributed by atoms with E-state index in [0.717, 1.165) is 12.0 Å². The molecule has 3 N–H and O–H groups in total. The summed E-state index contributed by atoms with van der Waals surface area (Å²) < 4.78 is 44.8. The van der Waals surface area contributed by atoms with Gasteiger partial charge in [0, 0.05) is 32.4 Å². The van der Waals surface area contributed by atoms with Gasteiger partial charge in [0.1, 0.15) is 11.4 Å². The smallest absolute Gasteiger partial charge is 0.394 e. The largest absolute Gasteiger partial charge is 0.423 e. The van der Waals surface area contributed by atoms with Crippen molar-refractivity contribution >= 4 is 29.0 Å². The van der Waals surface area contributed by atoms with Gasteiger partial charge in [-0.05, 0) is 12.1 Å². The Labute approximate surface area is 197 Å². The van der Waals surface area contributed by atoms with Gasteiger partial charge in [-0.3, -0.25) is 9.59 Å². The van der Waals surface area contributed by atoms with Crippen LogP contribution in [0.2, 0.25) is 5.02 Å². The highest BCUT2D eigenvalue weighted by atomic mass is 35.5. The molecular weight excluding hydrogens is 481 g/mol. The lowest BCUT2D eigenvalue weighted by atomic mass is 10.2. The van der Waals surface area contributed by atoms with Crippen LogP contribution in [0.25, 0.3) is 0 Å². The molecule has 186 valence electrons. The Morgan fingerprint density at radius 2 is 2.00 bits per heavy atom. The monoisotopic (exact) mass is 504 g/mol. The molecule has 1 atom stereocenters. The SMILES string of the molecule is O=C(CCOCC(CO)Nc1cn[nH]c(=O)c1C(F)(F)F)N1CCN(c2ccc(Cl)cn2)CC1. The lowest BCUT2D eigenvalue weighted by Crippen LogP contribution is -2.49. The van der Waals surface area contributed by atoms with Crippen molar-refractivity contribution in [2.24, 2.45) is 0 Å². The van der Waals surface area contributed by atoms with E-state index in [9.17, 15) is 27.9 Å².